The first-order chi connectivity index (χ1) is 15.7. The Morgan fingerprint density at radius 1 is 1.09 bits per heavy atom. The molecule has 9 heteroatoms. The summed E-state index contributed by atoms with van der Waals surface area (Å²) in [6.45, 7) is 13.7. The van der Waals surface area contributed by atoms with Gasteiger partial charge in [0.1, 0.15) is 24.3 Å². The van der Waals surface area contributed by atoms with Crippen LogP contribution in [0.15, 0.2) is 30.6 Å². The lowest BCUT2D eigenvalue weighted by Crippen LogP contribution is -2.43. The summed E-state index contributed by atoms with van der Waals surface area (Å²) in [5, 5.41) is 0. The number of imide groups is 1. The maximum Gasteiger partial charge on any atom is 0.425 e. The van der Waals surface area contributed by atoms with E-state index in [9.17, 15) is 9.59 Å². The summed E-state index contributed by atoms with van der Waals surface area (Å²) in [5.74, 6) is 1.24. The summed E-state index contributed by atoms with van der Waals surface area (Å²) in [6.07, 6.45) is 0.318. The van der Waals surface area contributed by atoms with Crippen molar-refractivity contribution in [1.82, 2.24) is 9.97 Å². The van der Waals surface area contributed by atoms with Crippen molar-refractivity contribution < 1.29 is 23.8 Å². The average molecular weight is 473 g/mol. The van der Waals surface area contributed by atoms with Crippen LogP contribution in [0.3, 0.4) is 0 Å². The predicted octanol–water partition coefficient (Wildman–Crippen LogP) is 5.10. The van der Waals surface area contributed by atoms with Crippen LogP contribution in [0, 0.1) is 12.8 Å². The van der Waals surface area contributed by atoms with Gasteiger partial charge in [-0.25, -0.2) is 19.6 Å². The molecule has 186 valence electrons. The molecular formula is C25H36N4O5. The van der Waals surface area contributed by atoms with Crippen LogP contribution in [0.1, 0.15) is 53.5 Å². The number of aryl methyl sites for hydroxylation is 1. The molecule has 0 fully saturated rings. The van der Waals surface area contributed by atoms with Crippen molar-refractivity contribution in [2.45, 2.75) is 66.0 Å². The number of aromatic nitrogens is 2. The number of nitrogens with two attached hydrogens (primary N) is 1. The Balaban J connectivity index is 2.29. The fraction of sp³-hybridized carbons (Fsp3) is 0.520. The van der Waals surface area contributed by atoms with Crippen molar-refractivity contribution in [3.63, 3.8) is 0 Å². The van der Waals surface area contributed by atoms with E-state index in [1.807, 2.05) is 32.0 Å². The fourth-order valence-electron chi connectivity index (χ4n) is 3.49. The van der Waals surface area contributed by atoms with Crippen LogP contribution in [0.25, 0.3) is 11.3 Å². The molecule has 1 aromatic carbocycles. The number of anilines is 1. The van der Waals surface area contributed by atoms with Crippen LogP contribution < -0.4 is 15.4 Å². The molecule has 0 spiro atoms. The zero-order valence-corrected chi connectivity index (χ0v) is 21.3. The molecule has 1 atom stereocenters. The van der Waals surface area contributed by atoms with Crippen LogP contribution in [0.4, 0.5) is 15.4 Å². The SMILES string of the molecule is COC(=O)N(C(=O)OC(C)(C)C)c1cc(-c2ccc(OC[C@@](C)(N)CC(C)C)c(C)c2)ncn1. The number of carbonyl (C=O) groups excluding carboxylic acids is 2. The quantitative estimate of drug-likeness (QED) is 0.591. The lowest BCUT2D eigenvalue weighted by atomic mass is 9.93. The van der Waals surface area contributed by atoms with Gasteiger partial charge in [0.15, 0.2) is 5.82 Å². The van der Waals surface area contributed by atoms with Gasteiger partial charge in [0.2, 0.25) is 0 Å². The van der Waals surface area contributed by atoms with Gasteiger partial charge in [-0.05, 0) is 70.7 Å². The lowest BCUT2D eigenvalue weighted by molar-refractivity contribution is 0.0574. The maximum absolute atomic E-state index is 12.6. The Morgan fingerprint density at radius 3 is 2.32 bits per heavy atom. The molecule has 2 N–H and O–H groups in total. The van der Waals surface area contributed by atoms with E-state index in [-0.39, 0.29) is 5.82 Å². The number of rotatable bonds is 7. The van der Waals surface area contributed by atoms with Crippen molar-refractivity contribution in [3.8, 4) is 17.0 Å². The van der Waals surface area contributed by atoms with E-state index >= 15 is 0 Å². The number of hydrogen-bond acceptors (Lipinski definition) is 8. The second-order valence-electron chi connectivity index (χ2n) is 10.1. The summed E-state index contributed by atoms with van der Waals surface area (Å²) in [5.41, 5.74) is 7.30. The molecule has 0 aliphatic carbocycles. The molecule has 9 nitrogen and oxygen atoms in total. The van der Waals surface area contributed by atoms with Crippen LogP contribution >= 0.6 is 0 Å². The van der Waals surface area contributed by atoms with Crippen LogP contribution in [-0.4, -0.2) is 47.0 Å². The molecule has 0 saturated heterocycles. The van der Waals surface area contributed by atoms with Gasteiger partial charge in [-0.1, -0.05) is 13.8 Å². The topological polar surface area (TPSA) is 117 Å². The highest BCUT2D eigenvalue weighted by atomic mass is 16.6. The van der Waals surface area contributed by atoms with Gasteiger partial charge in [0.05, 0.1) is 12.8 Å². The Hall–Kier alpha value is -3.20. The summed E-state index contributed by atoms with van der Waals surface area (Å²) >= 11 is 0. The number of carbonyl (C=O) groups is 2. The van der Waals surface area contributed by atoms with Gasteiger partial charge in [-0.3, -0.25) is 0 Å². The lowest BCUT2D eigenvalue weighted by Gasteiger charge is -2.27. The molecule has 1 heterocycles. The Kier molecular flexibility index (Phi) is 8.61. The first-order valence-corrected chi connectivity index (χ1v) is 11.2. The summed E-state index contributed by atoms with van der Waals surface area (Å²) in [7, 11) is 1.18. The minimum atomic E-state index is -0.912. The summed E-state index contributed by atoms with van der Waals surface area (Å²) in [4.78, 5) is 34.1. The van der Waals surface area contributed by atoms with Gasteiger partial charge in [-0.15, -0.1) is 0 Å². The zero-order valence-electron chi connectivity index (χ0n) is 21.3. The highest BCUT2D eigenvalue weighted by molar-refractivity contribution is 6.08. The highest BCUT2D eigenvalue weighted by Gasteiger charge is 2.31. The molecule has 0 bridgehead atoms. The Labute approximate surface area is 201 Å². The zero-order chi connectivity index (χ0) is 25.7. The second kappa shape index (κ2) is 10.8. The number of nitrogens with zero attached hydrogens (tertiary/aromatic N) is 3. The fourth-order valence-corrected chi connectivity index (χ4v) is 3.49. The number of hydrogen-bond donors (Lipinski definition) is 1. The smallest absolute Gasteiger partial charge is 0.425 e. The molecule has 2 aromatic rings. The molecule has 2 amide bonds. The molecule has 0 radical (unpaired) electrons. The molecule has 1 aromatic heterocycles. The molecule has 0 unspecified atom stereocenters. The van der Waals surface area contributed by atoms with Gasteiger partial charge < -0.3 is 19.9 Å². The minimum absolute atomic E-state index is 0.0386. The van der Waals surface area contributed by atoms with Crippen molar-refractivity contribution in [2.75, 3.05) is 18.6 Å². The molecule has 2 rings (SSSR count). The van der Waals surface area contributed by atoms with Crippen molar-refractivity contribution in [1.29, 1.82) is 0 Å². The van der Waals surface area contributed by atoms with Crippen molar-refractivity contribution in [3.05, 3.63) is 36.2 Å². The van der Waals surface area contributed by atoms with Gasteiger partial charge in [0.25, 0.3) is 0 Å². The van der Waals surface area contributed by atoms with Crippen LogP contribution in [0.2, 0.25) is 0 Å². The largest absolute Gasteiger partial charge is 0.491 e. The monoisotopic (exact) mass is 472 g/mol. The second-order valence-corrected chi connectivity index (χ2v) is 10.1. The van der Waals surface area contributed by atoms with E-state index in [2.05, 4.69) is 23.8 Å². The number of ether oxygens (including phenoxy) is 3. The average Bonchev–Trinajstić information content (AvgIpc) is 2.70. The molecule has 0 aliphatic heterocycles. The van der Waals surface area contributed by atoms with Gasteiger partial charge in [-0.2, -0.15) is 4.90 Å². The normalized spacial score (nSPS) is 13.2. The Bertz CT molecular complexity index is 1010. The van der Waals surface area contributed by atoms with E-state index < -0.39 is 23.3 Å². The van der Waals surface area contributed by atoms with E-state index in [1.165, 1.54) is 19.5 Å². The number of amides is 2. The standard InChI is InChI=1S/C25H36N4O5/c1-16(2)13-25(7,26)14-33-20-10-9-18(11-17(20)3)19-12-21(28-15-27-19)29(22(30)32-8)23(31)34-24(4,5)6/h9-12,15-16H,13-14,26H2,1-8H3/t25-/m0/s1. The van der Waals surface area contributed by atoms with E-state index in [4.69, 9.17) is 19.9 Å². The van der Waals surface area contributed by atoms with Crippen LogP contribution in [0.5, 0.6) is 5.75 Å². The third-order valence-electron chi connectivity index (χ3n) is 4.72. The number of benzene rings is 1. The van der Waals surface area contributed by atoms with Gasteiger partial charge in [0, 0.05) is 17.2 Å². The van der Waals surface area contributed by atoms with Crippen molar-refractivity contribution in [2.24, 2.45) is 11.7 Å². The molecule has 0 aliphatic rings. The first kappa shape index (κ1) is 27.0. The third-order valence-corrected chi connectivity index (χ3v) is 4.72. The maximum atomic E-state index is 12.6. The first-order valence-electron chi connectivity index (χ1n) is 11.2. The van der Waals surface area contributed by atoms with Crippen molar-refractivity contribution >= 4 is 18.0 Å². The molecule has 0 saturated carbocycles. The summed E-state index contributed by atoms with van der Waals surface area (Å²) in [6, 6.07) is 7.13. The number of methoxy groups -OCH3 is 1. The van der Waals surface area contributed by atoms with Gasteiger partial charge >= 0.3 is 12.2 Å². The minimum Gasteiger partial charge on any atom is -0.491 e. The molecule has 34 heavy (non-hydrogen) atoms. The Morgan fingerprint density at radius 2 is 1.76 bits per heavy atom. The third kappa shape index (κ3) is 7.69. The van der Waals surface area contributed by atoms with E-state index in [1.54, 1.807) is 20.8 Å². The van der Waals surface area contributed by atoms with E-state index in [0.29, 0.717) is 18.2 Å². The summed E-state index contributed by atoms with van der Waals surface area (Å²) < 4.78 is 16.1. The molecular weight excluding hydrogens is 436 g/mol. The predicted molar refractivity (Wildman–Crippen MR) is 131 cm³/mol. The highest BCUT2D eigenvalue weighted by Crippen LogP contribution is 2.28. The van der Waals surface area contributed by atoms with E-state index in [0.717, 1.165) is 28.2 Å². The van der Waals surface area contributed by atoms with Crippen LogP contribution in [-0.2, 0) is 9.47 Å².